The molecule has 2 aromatic heterocycles. The summed E-state index contributed by atoms with van der Waals surface area (Å²) < 4.78 is 3.53. The smallest absolute Gasteiger partial charge is 0.244 e. The maximum absolute atomic E-state index is 12.4. The van der Waals surface area contributed by atoms with E-state index in [0.717, 1.165) is 11.4 Å². The van der Waals surface area contributed by atoms with Crippen molar-refractivity contribution in [2.45, 2.75) is 20.4 Å². The first kappa shape index (κ1) is 15.3. The van der Waals surface area contributed by atoms with E-state index in [-0.39, 0.29) is 12.5 Å². The zero-order chi connectivity index (χ0) is 16.4. The van der Waals surface area contributed by atoms with E-state index in [1.54, 1.807) is 29.2 Å². The van der Waals surface area contributed by atoms with Gasteiger partial charge in [-0.2, -0.15) is 5.10 Å². The molecule has 23 heavy (non-hydrogen) atoms. The highest BCUT2D eigenvalue weighted by atomic mass is 35.5. The lowest BCUT2D eigenvalue weighted by atomic mass is 10.2. The molecule has 1 N–H and O–H groups in total. The van der Waals surface area contributed by atoms with Gasteiger partial charge >= 0.3 is 0 Å². The summed E-state index contributed by atoms with van der Waals surface area (Å²) in [5.41, 5.74) is 3.39. The lowest BCUT2D eigenvalue weighted by Gasteiger charge is -2.13. The van der Waals surface area contributed by atoms with E-state index in [1.165, 1.54) is 6.33 Å². The third-order valence-electron chi connectivity index (χ3n) is 3.62. The van der Waals surface area contributed by atoms with Gasteiger partial charge in [-0.1, -0.05) is 11.6 Å². The Bertz CT molecular complexity index is 819. The number of carbonyl (C=O) groups excluding carboxylic acids is 1. The number of amides is 1. The normalized spacial score (nSPS) is 10.7. The van der Waals surface area contributed by atoms with Crippen LogP contribution in [0.4, 0.5) is 5.69 Å². The van der Waals surface area contributed by atoms with E-state index in [9.17, 15) is 4.79 Å². The summed E-state index contributed by atoms with van der Waals surface area (Å²) in [5.74, 6) is -0.129. The molecule has 0 atom stereocenters. The highest BCUT2D eigenvalue weighted by molar-refractivity contribution is 6.31. The van der Waals surface area contributed by atoms with Crippen LogP contribution in [-0.4, -0.2) is 25.2 Å². The van der Waals surface area contributed by atoms with Gasteiger partial charge in [0.1, 0.15) is 19.2 Å². The lowest BCUT2D eigenvalue weighted by molar-refractivity contribution is -0.116. The van der Waals surface area contributed by atoms with Crippen molar-refractivity contribution in [3.8, 4) is 5.69 Å². The Morgan fingerprint density at radius 3 is 2.61 bits per heavy atom. The molecule has 118 valence electrons. The van der Waals surface area contributed by atoms with Crippen LogP contribution >= 0.6 is 11.6 Å². The Morgan fingerprint density at radius 2 is 1.96 bits per heavy atom. The molecule has 7 heteroatoms. The van der Waals surface area contributed by atoms with Crippen molar-refractivity contribution in [3.05, 3.63) is 59.4 Å². The summed E-state index contributed by atoms with van der Waals surface area (Å²) in [6.45, 7) is 4.19. The lowest BCUT2D eigenvalue weighted by Crippen LogP contribution is -2.21. The van der Waals surface area contributed by atoms with Crippen molar-refractivity contribution >= 4 is 23.2 Å². The van der Waals surface area contributed by atoms with Crippen LogP contribution in [0.1, 0.15) is 11.4 Å². The van der Waals surface area contributed by atoms with Gasteiger partial charge in [-0.15, -0.1) is 0 Å². The number of nitrogens with zero attached hydrogens (tertiary/aromatic N) is 4. The Hall–Kier alpha value is -2.60. The van der Waals surface area contributed by atoms with Crippen molar-refractivity contribution in [2.24, 2.45) is 0 Å². The summed E-state index contributed by atoms with van der Waals surface area (Å²) in [6.07, 6.45) is 3.01. The Labute approximate surface area is 138 Å². The van der Waals surface area contributed by atoms with Crippen LogP contribution in [0.15, 0.2) is 43.0 Å². The Balaban J connectivity index is 1.85. The van der Waals surface area contributed by atoms with Crippen LogP contribution in [0.3, 0.4) is 0 Å². The highest BCUT2D eigenvalue weighted by Crippen LogP contribution is 2.24. The predicted octanol–water partition coefficient (Wildman–Crippen LogP) is 2.98. The minimum absolute atomic E-state index is 0.129. The Morgan fingerprint density at radius 1 is 1.22 bits per heavy atom. The molecule has 0 fully saturated rings. The number of hydrogen-bond acceptors (Lipinski definition) is 3. The Kier molecular flexibility index (Phi) is 4.16. The van der Waals surface area contributed by atoms with Crippen molar-refractivity contribution in [1.29, 1.82) is 0 Å². The van der Waals surface area contributed by atoms with E-state index in [2.05, 4.69) is 15.4 Å². The van der Waals surface area contributed by atoms with E-state index >= 15 is 0 Å². The van der Waals surface area contributed by atoms with Gasteiger partial charge in [-0.25, -0.2) is 9.67 Å². The molecule has 0 aliphatic heterocycles. The minimum atomic E-state index is -0.129. The number of carbonyl (C=O) groups is 1. The van der Waals surface area contributed by atoms with Crippen LogP contribution < -0.4 is 5.32 Å². The molecule has 0 bridgehead atoms. The number of nitrogens with one attached hydrogen (secondary N) is 1. The molecule has 0 aliphatic rings. The molecule has 1 aromatic carbocycles. The predicted molar refractivity (Wildman–Crippen MR) is 88.9 cm³/mol. The summed E-state index contributed by atoms with van der Waals surface area (Å²) in [7, 11) is 0. The van der Waals surface area contributed by atoms with Gasteiger partial charge in [0.2, 0.25) is 5.91 Å². The van der Waals surface area contributed by atoms with Gasteiger partial charge in [-0.05, 0) is 44.2 Å². The van der Waals surface area contributed by atoms with E-state index in [1.807, 2.05) is 30.5 Å². The monoisotopic (exact) mass is 329 g/mol. The highest BCUT2D eigenvalue weighted by Gasteiger charge is 2.12. The van der Waals surface area contributed by atoms with Gasteiger partial charge in [0, 0.05) is 16.4 Å². The molecule has 3 aromatic rings. The quantitative estimate of drug-likeness (QED) is 0.800. The summed E-state index contributed by atoms with van der Waals surface area (Å²) in [4.78, 5) is 16.3. The van der Waals surface area contributed by atoms with E-state index < -0.39 is 0 Å². The first-order valence-corrected chi connectivity index (χ1v) is 7.49. The van der Waals surface area contributed by atoms with Crippen molar-refractivity contribution in [1.82, 2.24) is 19.3 Å². The average molecular weight is 330 g/mol. The molecule has 3 rings (SSSR count). The number of benzene rings is 1. The SMILES string of the molecule is Cc1ccc(C)n1CC(=O)Nc1cc(Cl)ccc1-n1cncn1. The first-order valence-electron chi connectivity index (χ1n) is 7.12. The van der Waals surface area contributed by atoms with Crippen LogP contribution in [-0.2, 0) is 11.3 Å². The van der Waals surface area contributed by atoms with Crippen LogP contribution in [0.5, 0.6) is 0 Å². The van der Waals surface area contributed by atoms with Gasteiger partial charge in [0.15, 0.2) is 0 Å². The number of hydrogen-bond donors (Lipinski definition) is 1. The number of halogens is 1. The fourth-order valence-electron chi connectivity index (χ4n) is 2.42. The van der Waals surface area contributed by atoms with Gasteiger partial charge < -0.3 is 9.88 Å². The second kappa shape index (κ2) is 6.26. The third kappa shape index (κ3) is 3.27. The molecular weight excluding hydrogens is 314 g/mol. The number of aryl methyl sites for hydroxylation is 2. The third-order valence-corrected chi connectivity index (χ3v) is 3.85. The molecule has 0 aliphatic carbocycles. The summed E-state index contributed by atoms with van der Waals surface area (Å²) in [5, 5.41) is 7.53. The molecule has 2 heterocycles. The molecular formula is C16H16ClN5O. The summed E-state index contributed by atoms with van der Waals surface area (Å²) in [6, 6.07) is 9.21. The molecule has 0 saturated heterocycles. The number of anilines is 1. The molecule has 6 nitrogen and oxygen atoms in total. The minimum Gasteiger partial charge on any atom is -0.340 e. The van der Waals surface area contributed by atoms with Gasteiger partial charge in [-0.3, -0.25) is 4.79 Å². The van der Waals surface area contributed by atoms with Crippen molar-refractivity contribution in [2.75, 3.05) is 5.32 Å². The second-order valence-electron chi connectivity index (χ2n) is 5.25. The van der Waals surface area contributed by atoms with Crippen LogP contribution in [0, 0.1) is 13.8 Å². The van der Waals surface area contributed by atoms with Gasteiger partial charge in [0.05, 0.1) is 11.4 Å². The number of aromatic nitrogens is 4. The molecule has 0 unspecified atom stereocenters. The fourth-order valence-corrected chi connectivity index (χ4v) is 2.59. The maximum atomic E-state index is 12.4. The zero-order valence-corrected chi connectivity index (χ0v) is 13.6. The second-order valence-corrected chi connectivity index (χ2v) is 5.69. The zero-order valence-electron chi connectivity index (χ0n) is 12.8. The number of rotatable bonds is 4. The van der Waals surface area contributed by atoms with Gasteiger partial charge in [0.25, 0.3) is 0 Å². The molecule has 0 saturated carbocycles. The fraction of sp³-hybridized carbons (Fsp3) is 0.188. The molecule has 1 amide bonds. The van der Waals surface area contributed by atoms with E-state index in [0.29, 0.717) is 16.4 Å². The average Bonchev–Trinajstić information content (AvgIpc) is 3.13. The van der Waals surface area contributed by atoms with Crippen LogP contribution in [0.2, 0.25) is 5.02 Å². The summed E-state index contributed by atoms with van der Waals surface area (Å²) >= 11 is 6.05. The topological polar surface area (TPSA) is 64.7 Å². The first-order chi connectivity index (χ1) is 11.0. The van der Waals surface area contributed by atoms with E-state index in [4.69, 9.17) is 11.6 Å². The largest absolute Gasteiger partial charge is 0.340 e. The standard InChI is InChI=1S/C16H16ClN5O/c1-11-3-4-12(2)21(11)8-16(23)20-14-7-13(17)5-6-15(14)22-10-18-9-19-22/h3-7,9-10H,8H2,1-2H3,(H,20,23). The molecule has 0 radical (unpaired) electrons. The van der Waals surface area contributed by atoms with Crippen LogP contribution in [0.25, 0.3) is 5.69 Å². The van der Waals surface area contributed by atoms with Crippen molar-refractivity contribution in [3.63, 3.8) is 0 Å². The molecule has 0 spiro atoms. The van der Waals surface area contributed by atoms with Crippen molar-refractivity contribution < 1.29 is 4.79 Å². The maximum Gasteiger partial charge on any atom is 0.244 e.